The number of fused-ring (bicyclic) bond motifs is 1. The van der Waals surface area contributed by atoms with E-state index in [9.17, 15) is 0 Å². The highest BCUT2D eigenvalue weighted by Gasteiger charge is 2.16. The van der Waals surface area contributed by atoms with Gasteiger partial charge in [-0.1, -0.05) is 12.2 Å². The molecule has 1 aliphatic heterocycles. The third kappa shape index (κ3) is 3.06. The molecule has 0 saturated carbocycles. The molecule has 102 valence electrons. The van der Waals surface area contributed by atoms with Crippen LogP contribution in [0.15, 0.2) is 28.8 Å². The number of benzene rings is 1. The highest BCUT2D eigenvalue weighted by Crippen LogP contribution is 2.38. The Hall–Kier alpha value is -1.16. The summed E-state index contributed by atoms with van der Waals surface area (Å²) in [7, 11) is 0. The first kappa shape index (κ1) is 12.9. The van der Waals surface area contributed by atoms with Gasteiger partial charge in [-0.3, -0.25) is 0 Å². The van der Waals surface area contributed by atoms with E-state index in [1.807, 2.05) is 12.1 Å². The predicted octanol–water partition coefficient (Wildman–Crippen LogP) is 3.99. The number of allylic oxidation sites excluding steroid dienone is 2. The van der Waals surface area contributed by atoms with Crippen molar-refractivity contribution in [1.82, 2.24) is 0 Å². The van der Waals surface area contributed by atoms with Gasteiger partial charge in [-0.15, -0.1) is 0 Å². The Morgan fingerprint density at radius 2 is 1.95 bits per heavy atom. The van der Waals surface area contributed by atoms with E-state index in [-0.39, 0.29) is 0 Å². The normalized spacial score (nSPS) is 21.2. The van der Waals surface area contributed by atoms with E-state index >= 15 is 0 Å². The van der Waals surface area contributed by atoms with E-state index in [1.165, 1.54) is 19.3 Å². The van der Waals surface area contributed by atoms with Crippen molar-refractivity contribution >= 4 is 21.6 Å². The summed E-state index contributed by atoms with van der Waals surface area (Å²) in [5.41, 5.74) is 1.08. The summed E-state index contributed by atoms with van der Waals surface area (Å²) >= 11 is 3.59. The second-order valence-corrected chi connectivity index (χ2v) is 5.86. The lowest BCUT2D eigenvalue weighted by Gasteiger charge is -2.22. The maximum Gasteiger partial charge on any atom is 0.163 e. The molecule has 0 spiro atoms. The Balaban J connectivity index is 1.68. The van der Waals surface area contributed by atoms with Crippen LogP contribution in [0.25, 0.3) is 0 Å². The minimum absolute atomic E-state index is 0.626. The van der Waals surface area contributed by atoms with Gasteiger partial charge in [0.15, 0.2) is 11.5 Å². The number of hydrogen-bond acceptors (Lipinski definition) is 3. The molecule has 19 heavy (non-hydrogen) atoms. The van der Waals surface area contributed by atoms with Crippen molar-refractivity contribution in [3.05, 3.63) is 28.8 Å². The molecule has 1 unspecified atom stereocenters. The van der Waals surface area contributed by atoms with Crippen molar-refractivity contribution in [1.29, 1.82) is 0 Å². The van der Waals surface area contributed by atoms with Crippen LogP contribution in [0.3, 0.4) is 0 Å². The minimum Gasteiger partial charge on any atom is -0.486 e. The third-order valence-corrected chi connectivity index (χ3v) is 4.25. The number of halogens is 1. The van der Waals surface area contributed by atoms with Crippen LogP contribution in [0.5, 0.6) is 11.5 Å². The molecular weight excluding hydrogens is 306 g/mol. The smallest absolute Gasteiger partial charge is 0.163 e. The Kier molecular flexibility index (Phi) is 3.97. The van der Waals surface area contributed by atoms with E-state index in [1.54, 1.807) is 0 Å². The lowest BCUT2D eigenvalue weighted by molar-refractivity contribution is 0.171. The molecule has 0 saturated heterocycles. The summed E-state index contributed by atoms with van der Waals surface area (Å²) in [4.78, 5) is 0. The van der Waals surface area contributed by atoms with Crippen LogP contribution in [0.2, 0.25) is 0 Å². The van der Waals surface area contributed by atoms with Crippen molar-refractivity contribution in [3.63, 3.8) is 0 Å². The first-order valence-corrected chi connectivity index (χ1v) is 7.60. The van der Waals surface area contributed by atoms with Gasteiger partial charge >= 0.3 is 0 Å². The monoisotopic (exact) mass is 323 g/mol. The maximum atomic E-state index is 5.61. The molecule has 2 aliphatic rings. The molecule has 0 fully saturated rings. The average Bonchev–Trinajstić information content (AvgIpc) is 2.46. The predicted molar refractivity (Wildman–Crippen MR) is 80.1 cm³/mol. The highest BCUT2D eigenvalue weighted by atomic mass is 79.9. The molecule has 1 N–H and O–H groups in total. The molecule has 0 bridgehead atoms. The van der Waals surface area contributed by atoms with Crippen LogP contribution in [-0.2, 0) is 0 Å². The molecule has 4 heteroatoms. The van der Waals surface area contributed by atoms with Crippen molar-refractivity contribution in [3.8, 4) is 11.5 Å². The van der Waals surface area contributed by atoms with Crippen molar-refractivity contribution in [2.45, 2.75) is 19.3 Å². The van der Waals surface area contributed by atoms with Crippen molar-refractivity contribution in [2.75, 3.05) is 25.1 Å². The van der Waals surface area contributed by atoms with Gasteiger partial charge in [0.25, 0.3) is 0 Å². The van der Waals surface area contributed by atoms with Gasteiger partial charge in [-0.2, -0.15) is 0 Å². The second-order valence-electron chi connectivity index (χ2n) is 5.01. The van der Waals surface area contributed by atoms with Gasteiger partial charge in [0.05, 0.1) is 5.69 Å². The zero-order chi connectivity index (χ0) is 13.1. The summed E-state index contributed by atoms with van der Waals surface area (Å²) in [6.45, 7) is 2.25. The summed E-state index contributed by atoms with van der Waals surface area (Å²) in [5.74, 6) is 2.38. The molecule has 1 atom stereocenters. The van der Waals surface area contributed by atoms with E-state index in [0.29, 0.717) is 13.2 Å². The standard InChI is InChI=1S/C15H18BrNO2/c16-12-8-14-15(19-7-6-18-14)9-13(12)17-10-11-4-2-1-3-5-11/h1-2,8-9,11,17H,3-7,10H2. The minimum atomic E-state index is 0.626. The first-order chi connectivity index (χ1) is 9.33. The average molecular weight is 324 g/mol. The van der Waals surface area contributed by atoms with Gasteiger partial charge in [-0.25, -0.2) is 0 Å². The largest absolute Gasteiger partial charge is 0.486 e. The molecule has 1 aromatic carbocycles. The highest BCUT2D eigenvalue weighted by molar-refractivity contribution is 9.10. The molecule has 0 amide bonds. The fourth-order valence-electron chi connectivity index (χ4n) is 2.50. The summed E-state index contributed by atoms with van der Waals surface area (Å²) in [6.07, 6.45) is 8.21. The number of ether oxygens (including phenoxy) is 2. The van der Waals surface area contributed by atoms with E-state index in [2.05, 4.69) is 33.4 Å². The Morgan fingerprint density at radius 3 is 2.68 bits per heavy atom. The summed E-state index contributed by atoms with van der Waals surface area (Å²) in [5, 5.41) is 3.52. The zero-order valence-electron chi connectivity index (χ0n) is 10.8. The second kappa shape index (κ2) is 5.87. The molecule has 3 rings (SSSR count). The quantitative estimate of drug-likeness (QED) is 0.853. The SMILES string of the molecule is Brc1cc2c(cc1NCC1CC=CCC1)OCCO2. The molecule has 0 radical (unpaired) electrons. The fraction of sp³-hybridized carbons (Fsp3) is 0.467. The maximum absolute atomic E-state index is 5.61. The Bertz CT molecular complexity index is 487. The fourth-order valence-corrected chi connectivity index (χ4v) is 2.96. The Morgan fingerprint density at radius 1 is 1.16 bits per heavy atom. The van der Waals surface area contributed by atoms with E-state index in [0.717, 1.165) is 34.1 Å². The number of rotatable bonds is 3. The van der Waals surface area contributed by atoms with Gasteiger partial charge in [0.1, 0.15) is 13.2 Å². The molecule has 1 aliphatic carbocycles. The summed E-state index contributed by atoms with van der Waals surface area (Å²) < 4.78 is 12.2. The lowest BCUT2D eigenvalue weighted by Crippen LogP contribution is -2.17. The molecule has 3 nitrogen and oxygen atoms in total. The Labute approximate surface area is 122 Å². The van der Waals surface area contributed by atoms with Crippen molar-refractivity contribution in [2.24, 2.45) is 5.92 Å². The van der Waals surface area contributed by atoms with Crippen molar-refractivity contribution < 1.29 is 9.47 Å². The zero-order valence-corrected chi connectivity index (χ0v) is 12.4. The molecule has 1 aromatic rings. The van der Waals surface area contributed by atoms with Crippen LogP contribution in [0.1, 0.15) is 19.3 Å². The summed E-state index contributed by atoms with van der Waals surface area (Å²) in [6, 6.07) is 4.01. The molecular formula is C15H18BrNO2. The van der Waals surface area contributed by atoms with Gasteiger partial charge < -0.3 is 14.8 Å². The first-order valence-electron chi connectivity index (χ1n) is 6.81. The topological polar surface area (TPSA) is 30.5 Å². The van der Waals surface area contributed by atoms with E-state index in [4.69, 9.17) is 9.47 Å². The third-order valence-electron chi connectivity index (χ3n) is 3.59. The van der Waals surface area contributed by atoms with Crippen LogP contribution < -0.4 is 14.8 Å². The van der Waals surface area contributed by atoms with Crippen LogP contribution in [0, 0.1) is 5.92 Å². The molecule has 0 aromatic heterocycles. The number of hydrogen-bond donors (Lipinski definition) is 1. The van der Waals surface area contributed by atoms with Crippen LogP contribution >= 0.6 is 15.9 Å². The van der Waals surface area contributed by atoms with E-state index < -0.39 is 0 Å². The number of anilines is 1. The number of nitrogens with one attached hydrogen (secondary N) is 1. The molecule has 1 heterocycles. The van der Waals surface area contributed by atoms with Crippen LogP contribution in [-0.4, -0.2) is 19.8 Å². The van der Waals surface area contributed by atoms with Gasteiger partial charge in [-0.05, 0) is 41.1 Å². The van der Waals surface area contributed by atoms with Crippen LogP contribution in [0.4, 0.5) is 5.69 Å². The van der Waals surface area contributed by atoms with Gasteiger partial charge in [0, 0.05) is 23.2 Å². The lowest BCUT2D eigenvalue weighted by atomic mass is 9.94. The van der Waals surface area contributed by atoms with Gasteiger partial charge in [0.2, 0.25) is 0 Å².